The Hall–Kier alpha value is -0.740. The molecule has 0 heterocycles. The molecular formula is C10H13ClO3S. The summed E-state index contributed by atoms with van der Waals surface area (Å²) in [5.41, 5.74) is 0.661. The Morgan fingerprint density at radius 1 is 1.33 bits per heavy atom. The van der Waals surface area contributed by atoms with Crippen LogP contribution in [0.3, 0.4) is 0 Å². The minimum absolute atomic E-state index is 0.586. The maximum absolute atomic E-state index is 11.1. The van der Waals surface area contributed by atoms with Crippen LogP contribution in [0.2, 0.25) is 0 Å². The number of benzene rings is 1. The normalized spacial score (nSPS) is 13.5. The van der Waals surface area contributed by atoms with Crippen LogP contribution in [-0.4, -0.2) is 15.0 Å². The Balaban J connectivity index is 2.89. The predicted molar refractivity (Wildman–Crippen MR) is 60.8 cm³/mol. The first-order chi connectivity index (χ1) is 6.95. The third-order valence-electron chi connectivity index (χ3n) is 2.08. The minimum Gasteiger partial charge on any atom is -0.494 e. The van der Waals surface area contributed by atoms with Gasteiger partial charge in [0.05, 0.1) is 11.9 Å². The van der Waals surface area contributed by atoms with Crippen LogP contribution >= 0.6 is 10.7 Å². The molecule has 0 amide bonds. The van der Waals surface area contributed by atoms with Crippen molar-refractivity contribution in [1.29, 1.82) is 0 Å². The smallest absolute Gasteiger partial charge is 0.239 e. The first-order valence-corrected chi connectivity index (χ1v) is 6.98. The van der Waals surface area contributed by atoms with Crippen molar-refractivity contribution in [2.45, 2.75) is 19.1 Å². The molecule has 1 atom stereocenters. The maximum atomic E-state index is 11.1. The molecule has 0 saturated carbocycles. The highest BCUT2D eigenvalue weighted by molar-refractivity contribution is 8.13. The molecule has 15 heavy (non-hydrogen) atoms. The van der Waals surface area contributed by atoms with E-state index in [-0.39, 0.29) is 0 Å². The van der Waals surface area contributed by atoms with Crippen LogP contribution in [0, 0.1) is 0 Å². The molecule has 84 valence electrons. The average Bonchev–Trinajstić information content (AvgIpc) is 2.17. The van der Waals surface area contributed by atoms with Gasteiger partial charge in [-0.05, 0) is 31.5 Å². The van der Waals surface area contributed by atoms with Gasteiger partial charge in [0.25, 0.3) is 0 Å². The van der Waals surface area contributed by atoms with E-state index >= 15 is 0 Å². The molecule has 0 N–H and O–H groups in total. The van der Waals surface area contributed by atoms with Crippen LogP contribution < -0.4 is 4.74 Å². The van der Waals surface area contributed by atoms with E-state index < -0.39 is 14.3 Å². The quantitative estimate of drug-likeness (QED) is 0.770. The lowest BCUT2D eigenvalue weighted by Gasteiger charge is -2.09. The predicted octanol–water partition coefficient (Wildman–Crippen LogP) is 2.71. The maximum Gasteiger partial charge on any atom is 0.239 e. The van der Waals surface area contributed by atoms with E-state index in [1.165, 1.54) is 0 Å². The van der Waals surface area contributed by atoms with E-state index in [1.807, 2.05) is 6.92 Å². The summed E-state index contributed by atoms with van der Waals surface area (Å²) in [5, 5.41) is -0.699. The summed E-state index contributed by atoms with van der Waals surface area (Å²) in [6.07, 6.45) is 0. The Labute approximate surface area is 94.4 Å². The summed E-state index contributed by atoms with van der Waals surface area (Å²) >= 11 is 0. The van der Waals surface area contributed by atoms with E-state index in [0.29, 0.717) is 12.2 Å². The van der Waals surface area contributed by atoms with Crippen LogP contribution in [0.15, 0.2) is 24.3 Å². The summed E-state index contributed by atoms with van der Waals surface area (Å²) in [7, 11) is 1.71. The van der Waals surface area contributed by atoms with Crippen molar-refractivity contribution in [2.24, 2.45) is 0 Å². The van der Waals surface area contributed by atoms with Crippen molar-refractivity contribution in [3.63, 3.8) is 0 Å². The van der Waals surface area contributed by atoms with E-state index in [0.717, 1.165) is 5.75 Å². The van der Waals surface area contributed by atoms with Gasteiger partial charge in [-0.15, -0.1) is 0 Å². The zero-order valence-electron chi connectivity index (χ0n) is 8.60. The standard InChI is InChI=1S/C10H13ClO3S/c1-3-14-10-6-4-9(5-7-10)8(2)15(11,12)13/h4-8H,3H2,1-2H3. The number of hydrogen-bond donors (Lipinski definition) is 0. The van der Waals surface area contributed by atoms with Gasteiger partial charge in [-0.3, -0.25) is 0 Å². The van der Waals surface area contributed by atoms with Gasteiger partial charge in [0.2, 0.25) is 9.05 Å². The molecule has 1 unspecified atom stereocenters. The van der Waals surface area contributed by atoms with Gasteiger partial charge in [-0.2, -0.15) is 0 Å². The fraction of sp³-hybridized carbons (Fsp3) is 0.400. The number of halogens is 1. The summed E-state index contributed by atoms with van der Waals surface area (Å²) in [6, 6.07) is 6.87. The van der Waals surface area contributed by atoms with Gasteiger partial charge in [-0.25, -0.2) is 8.42 Å². The first-order valence-electron chi connectivity index (χ1n) is 4.61. The number of rotatable bonds is 4. The fourth-order valence-electron chi connectivity index (χ4n) is 1.16. The van der Waals surface area contributed by atoms with Crippen molar-refractivity contribution in [2.75, 3.05) is 6.61 Å². The van der Waals surface area contributed by atoms with Crippen molar-refractivity contribution >= 4 is 19.7 Å². The highest BCUT2D eigenvalue weighted by atomic mass is 35.7. The van der Waals surface area contributed by atoms with E-state index in [4.69, 9.17) is 15.4 Å². The van der Waals surface area contributed by atoms with Crippen molar-refractivity contribution in [3.05, 3.63) is 29.8 Å². The molecule has 5 heteroatoms. The Morgan fingerprint density at radius 2 is 1.87 bits per heavy atom. The summed E-state index contributed by atoms with van der Waals surface area (Å²) in [5.74, 6) is 0.723. The number of ether oxygens (including phenoxy) is 1. The molecule has 0 aliphatic carbocycles. The van der Waals surface area contributed by atoms with E-state index in [9.17, 15) is 8.42 Å². The molecule has 1 aromatic rings. The van der Waals surface area contributed by atoms with Gasteiger partial charge in [0.1, 0.15) is 5.75 Å². The number of hydrogen-bond acceptors (Lipinski definition) is 3. The van der Waals surface area contributed by atoms with Gasteiger partial charge >= 0.3 is 0 Å². The zero-order valence-corrected chi connectivity index (χ0v) is 10.2. The summed E-state index contributed by atoms with van der Waals surface area (Å²) in [6.45, 7) is 4.03. The summed E-state index contributed by atoms with van der Waals surface area (Å²) in [4.78, 5) is 0. The molecule has 0 spiro atoms. The van der Waals surface area contributed by atoms with Crippen molar-refractivity contribution < 1.29 is 13.2 Å². The topological polar surface area (TPSA) is 43.4 Å². The molecule has 3 nitrogen and oxygen atoms in total. The molecular weight excluding hydrogens is 236 g/mol. The van der Waals surface area contributed by atoms with Crippen molar-refractivity contribution in [3.8, 4) is 5.75 Å². The second-order valence-electron chi connectivity index (χ2n) is 3.12. The lowest BCUT2D eigenvalue weighted by atomic mass is 10.2. The Morgan fingerprint density at radius 3 is 2.27 bits per heavy atom. The fourth-order valence-corrected chi connectivity index (χ4v) is 1.96. The molecule has 0 aliphatic heterocycles. The molecule has 1 rings (SSSR count). The third-order valence-corrected chi connectivity index (χ3v) is 4.00. The van der Waals surface area contributed by atoms with Crippen molar-refractivity contribution in [1.82, 2.24) is 0 Å². The highest BCUT2D eigenvalue weighted by Gasteiger charge is 2.19. The lowest BCUT2D eigenvalue weighted by molar-refractivity contribution is 0.340. The average molecular weight is 249 g/mol. The summed E-state index contributed by atoms with van der Waals surface area (Å²) < 4.78 is 27.4. The van der Waals surface area contributed by atoms with Crippen LogP contribution in [-0.2, 0) is 9.05 Å². The van der Waals surface area contributed by atoms with E-state index in [2.05, 4.69) is 0 Å². The molecule has 1 aromatic carbocycles. The monoisotopic (exact) mass is 248 g/mol. The van der Waals surface area contributed by atoms with Crippen LogP contribution in [0.1, 0.15) is 24.7 Å². The zero-order chi connectivity index (χ0) is 11.5. The highest BCUT2D eigenvalue weighted by Crippen LogP contribution is 2.26. The van der Waals surface area contributed by atoms with E-state index in [1.54, 1.807) is 31.2 Å². The SMILES string of the molecule is CCOc1ccc(C(C)S(=O)(=O)Cl)cc1. The molecule has 0 saturated heterocycles. The van der Waals surface area contributed by atoms with Gasteiger partial charge < -0.3 is 4.74 Å². The van der Waals surface area contributed by atoms with Gasteiger partial charge in [0, 0.05) is 10.7 Å². The van der Waals surface area contributed by atoms with Crippen LogP contribution in [0.25, 0.3) is 0 Å². The Kier molecular flexibility index (Phi) is 3.99. The second-order valence-corrected chi connectivity index (χ2v) is 6.07. The molecule has 0 radical (unpaired) electrons. The first kappa shape index (κ1) is 12.3. The lowest BCUT2D eigenvalue weighted by Crippen LogP contribution is -2.02. The van der Waals surface area contributed by atoms with Crippen LogP contribution in [0.4, 0.5) is 0 Å². The Bertz CT molecular complexity index is 411. The largest absolute Gasteiger partial charge is 0.494 e. The second kappa shape index (κ2) is 4.86. The molecule has 0 bridgehead atoms. The van der Waals surface area contributed by atoms with Gasteiger partial charge in [0.15, 0.2) is 0 Å². The molecule has 0 aromatic heterocycles. The molecule has 0 aliphatic rings. The van der Waals surface area contributed by atoms with Crippen LogP contribution in [0.5, 0.6) is 5.75 Å². The van der Waals surface area contributed by atoms with Gasteiger partial charge in [-0.1, -0.05) is 12.1 Å². The molecule has 0 fully saturated rings. The minimum atomic E-state index is -3.55. The third kappa shape index (κ3) is 3.39.